The van der Waals surface area contributed by atoms with E-state index in [2.05, 4.69) is 15.3 Å². The van der Waals surface area contributed by atoms with Crippen molar-refractivity contribution in [3.63, 3.8) is 0 Å². The summed E-state index contributed by atoms with van der Waals surface area (Å²) in [5, 5.41) is 3.22. The van der Waals surface area contributed by atoms with E-state index in [9.17, 15) is 8.42 Å². The van der Waals surface area contributed by atoms with Crippen molar-refractivity contribution >= 4 is 15.8 Å². The number of nitrogens with two attached hydrogens (primary N) is 1. The number of hydrogen-bond donors (Lipinski definition) is 2. The van der Waals surface area contributed by atoms with Crippen LogP contribution in [0.1, 0.15) is 11.6 Å². The first-order valence-electron chi connectivity index (χ1n) is 8.77. The summed E-state index contributed by atoms with van der Waals surface area (Å²) in [6.45, 7) is 0.528. The highest BCUT2D eigenvalue weighted by molar-refractivity contribution is 7.89. The van der Waals surface area contributed by atoms with Crippen LogP contribution in [0.5, 0.6) is 0 Å². The van der Waals surface area contributed by atoms with Gasteiger partial charge in [0.1, 0.15) is 12.1 Å². The van der Waals surface area contributed by atoms with Crippen molar-refractivity contribution in [1.29, 1.82) is 0 Å². The molecular weight excluding hydrogens is 374 g/mol. The zero-order chi connectivity index (χ0) is 20.1. The monoisotopic (exact) mass is 397 g/mol. The van der Waals surface area contributed by atoms with Gasteiger partial charge >= 0.3 is 0 Å². The van der Waals surface area contributed by atoms with Crippen LogP contribution in [0.4, 0.5) is 5.82 Å². The van der Waals surface area contributed by atoms with Crippen molar-refractivity contribution in [3.05, 3.63) is 72.6 Å². The summed E-state index contributed by atoms with van der Waals surface area (Å²) in [6, 6.07) is 18.1. The lowest BCUT2D eigenvalue weighted by molar-refractivity contribution is 0.521. The Bertz CT molecular complexity index is 1020. The van der Waals surface area contributed by atoms with Crippen LogP contribution in [0, 0.1) is 0 Å². The molecule has 7 nitrogen and oxygen atoms in total. The largest absolute Gasteiger partial charge is 0.368 e. The molecule has 0 bridgehead atoms. The fourth-order valence-electron chi connectivity index (χ4n) is 2.65. The van der Waals surface area contributed by atoms with Gasteiger partial charge in [-0.2, -0.15) is 0 Å². The molecule has 0 aliphatic rings. The lowest BCUT2D eigenvalue weighted by Gasteiger charge is -2.14. The molecule has 0 fully saturated rings. The number of rotatable bonds is 7. The number of hydrogen-bond acceptors (Lipinski definition) is 6. The fraction of sp³-hybridized carbons (Fsp3) is 0.200. The number of aromatic nitrogens is 2. The Hall–Kier alpha value is -2.81. The molecule has 1 atom stereocenters. The molecule has 0 saturated carbocycles. The van der Waals surface area contributed by atoms with Gasteiger partial charge in [-0.1, -0.05) is 42.5 Å². The molecule has 8 heteroatoms. The summed E-state index contributed by atoms with van der Waals surface area (Å²) in [4.78, 5) is 8.75. The van der Waals surface area contributed by atoms with E-state index in [1.807, 2.05) is 36.4 Å². The van der Waals surface area contributed by atoms with Crippen LogP contribution in [-0.2, 0) is 10.0 Å². The van der Waals surface area contributed by atoms with Crippen LogP contribution in [0.15, 0.2) is 71.9 Å². The Morgan fingerprint density at radius 2 is 1.71 bits per heavy atom. The predicted octanol–water partition coefficient (Wildman–Crippen LogP) is 2.51. The molecule has 0 radical (unpaired) electrons. The van der Waals surface area contributed by atoms with Crippen LogP contribution in [-0.4, -0.2) is 43.3 Å². The number of sulfonamides is 1. The molecule has 0 spiro atoms. The summed E-state index contributed by atoms with van der Waals surface area (Å²) in [5.41, 5.74) is 8.75. The zero-order valence-corrected chi connectivity index (χ0v) is 16.6. The van der Waals surface area contributed by atoms with Crippen molar-refractivity contribution in [2.75, 3.05) is 26.0 Å². The lowest BCUT2D eigenvalue weighted by atomic mass is 10.1. The average molecular weight is 398 g/mol. The smallest absolute Gasteiger partial charge is 0.242 e. The second-order valence-corrected chi connectivity index (χ2v) is 8.65. The van der Waals surface area contributed by atoms with Gasteiger partial charge in [-0.3, -0.25) is 0 Å². The number of anilines is 1. The molecule has 3 N–H and O–H groups in total. The zero-order valence-electron chi connectivity index (χ0n) is 15.8. The molecule has 0 amide bonds. The second kappa shape index (κ2) is 8.47. The quantitative estimate of drug-likeness (QED) is 0.635. The summed E-state index contributed by atoms with van der Waals surface area (Å²) in [7, 11) is -0.443. The van der Waals surface area contributed by atoms with E-state index in [0.717, 1.165) is 11.1 Å². The van der Waals surface area contributed by atoms with E-state index in [4.69, 9.17) is 5.73 Å². The Labute approximate surface area is 165 Å². The highest BCUT2D eigenvalue weighted by Crippen LogP contribution is 2.22. The van der Waals surface area contributed by atoms with E-state index < -0.39 is 10.0 Å². The molecule has 0 aliphatic heterocycles. The van der Waals surface area contributed by atoms with E-state index in [1.54, 1.807) is 24.3 Å². The van der Waals surface area contributed by atoms with Crippen LogP contribution in [0.3, 0.4) is 0 Å². The minimum absolute atomic E-state index is 0.157. The molecule has 146 valence electrons. The highest BCUT2D eigenvalue weighted by atomic mass is 32.2. The summed E-state index contributed by atoms with van der Waals surface area (Å²) in [5.74, 6) is 0.654. The minimum Gasteiger partial charge on any atom is -0.368 e. The molecule has 0 saturated heterocycles. The van der Waals surface area contributed by atoms with E-state index in [1.165, 1.54) is 24.7 Å². The Morgan fingerprint density at radius 1 is 1.04 bits per heavy atom. The second-order valence-electron chi connectivity index (χ2n) is 6.50. The van der Waals surface area contributed by atoms with Gasteiger partial charge in [0.25, 0.3) is 0 Å². The first kappa shape index (κ1) is 19.9. The van der Waals surface area contributed by atoms with Gasteiger partial charge in [0.15, 0.2) is 0 Å². The molecule has 2 aromatic carbocycles. The van der Waals surface area contributed by atoms with Crippen molar-refractivity contribution in [2.24, 2.45) is 5.73 Å². The maximum Gasteiger partial charge on any atom is 0.242 e. The highest BCUT2D eigenvalue weighted by Gasteiger charge is 2.17. The third-order valence-corrected chi connectivity index (χ3v) is 6.16. The number of benzene rings is 2. The van der Waals surface area contributed by atoms with Crippen LogP contribution in [0.25, 0.3) is 11.3 Å². The lowest BCUT2D eigenvalue weighted by Crippen LogP contribution is -2.22. The first-order valence-corrected chi connectivity index (χ1v) is 10.2. The predicted molar refractivity (Wildman–Crippen MR) is 110 cm³/mol. The SMILES string of the molecule is CN(C)S(=O)(=O)c1ccc(-c2cc(NC[C@H](N)c3ccccc3)ncn2)cc1. The number of nitrogens with zero attached hydrogens (tertiary/aromatic N) is 3. The Morgan fingerprint density at radius 3 is 2.36 bits per heavy atom. The van der Waals surface area contributed by atoms with Crippen LogP contribution >= 0.6 is 0 Å². The minimum atomic E-state index is -3.45. The van der Waals surface area contributed by atoms with E-state index in [0.29, 0.717) is 18.1 Å². The van der Waals surface area contributed by atoms with Gasteiger partial charge in [0.05, 0.1) is 10.6 Å². The molecule has 0 aliphatic carbocycles. The van der Waals surface area contributed by atoms with Crippen molar-refractivity contribution in [1.82, 2.24) is 14.3 Å². The standard InChI is InChI=1S/C20H23N5O2S/c1-25(2)28(26,27)17-10-8-16(9-11-17)19-12-20(24-14-23-19)22-13-18(21)15-6-4-3-5-7-15/h3-12,14,18H,13,21H2,1-2H3,(H,22,23,24)/t18-/m0/s1. The molecule has 1 heterocycles. The summed E-state index contributed by atoms with van der Waals surface area (Å²) < 4.78 is 25.5. The van der Waals surface area contributed by atoms with Gasteiger partial charge in [-0.15, -0.1) is 0 Å². The molecule has 0 unspecified atom stereocenters. The molecule has 3 rings (SSSR count). The Kier molecular flexibility index (Phi) is 6.03. The summed E-state index contributed by atoms with van der Waals surface area (Å²) >= 11 is 0. The van der Waals surface area contributed by atoms with Gasteiger partial charge in [-0.25, -0.2) is 22.7 Å². The summed E-state index contributed by atoms with van der Waals surface area (Å²) in [6.07, 6.45) is 1.47. The third kappa shape index (κ3) is 4.53. The molecule has 28 heavy (non-hydrogen) atoms. The van der Waals surface area contributed by atoms with E-state index >= 15 is 0 Å². The van der Waals surface area contributed by atoms with Gasteiger partial charge in [-0.05, 0) is 17.7 Å². The maximum atomic E-state index is 12.2. The van der Waals surface area contributed by atoms with Crippen molar-refractivity contribution in [2.45, 2.75) is 10.9 Å². The molecule has 1 aromatic heterocycles. The van der Waals surface area contributed by atoms with Gasteiger partial charge in [0.2, 0.25) is 10.0 Å². The van der Waals surface area contributed by atoms with Gasteiger partial charge < -0.3 is 11.1 Å². The van der Waals surface area contributed by atoms with Crippen molar-refractivity contribution < 1.29 is 8.42 Å². The molecular formula is C20H23N5O2S. The Balaban J connectivity index is 1.73. The maximum absolute atomic E-state index is 12.2. The van der Waals surface area contributed by atoms with E-state index in [-0.39, 0.29) is 10.9 Å². The van der Waals surface area contributed by atoms with Gasteiger partial charge in [0, 0.05) is 38.3 Å². The number of nitrogens with one attached hydrogen (secondary N) is 1. The fourth-order valence-corrected chi connectivity index (χ4v) is 3.55. The topological polar surface area (TPSA) is 101 Å². The van der Waals surface area contributed by atoms with Crippen molar-refractivity contribution in [3.8, 4) is 11.3 Å². The third-order valence-electron chi connectivity index (χ3n) is 4.33. The van der Waals surface area contributed by atoms with Crippen LogP contribution < -0.4 is 11.1 Å². The molecule has 3 aromatic rings. The van der Waals surface area contributed by atoms with Crippen LogP contribution in [0.2, 0.25) is 0 Å². The average Bonchev–Trinajstić information content (AvgIpc) is 2.73. The normalized spacial score (nSPS) is 12.7. The first-order chi connectivity index (χ1) is 13.4.